The van der Waals surface area contributed by atoms with E-state index in [1.54, 1.807) is 24.3 Å². The molecule has 0 radical (unpaired) electrons. The molecule has 110 valence electrons. The molecule has 0 aliphatic rings. The van der Waals surface area contributed by atoms with Crippen molar-refractivity contribution in [3.05, 3.63) is 60.2 Å². The maximum absolute atomic E-state index is 11.9. The van der Waals surface area contributed by atoms with Crippen LogP contribution in [0.5, 0.6) is 5.75 Å². The third-order valence-corrected chi connectivity index (χ3v) is 2.51. The average Bonchev–Trinajstić information content (AvgIpc) is 2.46. The summed E-state index contributed by atoms with van der Waals surface area (Å²) in [5.41, 5.74) is 3.78. The lowest BCUT2D eigenvalue weighted by Gasteiger charge is -2.07. The molecular formula is C15H13F3N2O. The Kier molecular flexibility index (Phi) is 4.81. The molecule has 0 saturated heterocycles. The molecule has 0 saturated carbocycles. The molecule has 0 bridgehead atoms. The first kappa shape index (κ1) is 14.9. The molecule has 21 heavy (non-hydrogen) atoms. The van der Waals surface area contributed by atoms with Crippen LogP contribution in [0.15, 0.2) is 59.7 Å². The summed E-state index contributed by atoms with van der Waals surface area (Å²) in [6.45, 7) is 0.430. The summed E-state index contributed by atoms with van der Waals surface area (Å²) in [5.74, 6) is 0.629. The SMILES string of the molecule is FC(F)(F)/C=N/Nc1ccc(OCc2ccccc2)cc1. The summed E-state index contributed by atoms with van der Waals surface area (Å²) in [5, 5.41) is 3.10. The maximum atomic E-state index is 11.9. The Hall–Kier alpha value is -2.50. The Morgan fingerprint density at radius 1 is 1.00 bits per heavy atom. The lowest BCUT2D eigenvalue weighted by Crippen LogP contribution is -2.09. The lowest BCUT2D eigenvalue weighted by molar-refractivity contribution is -0.0536. The number of nitrogens with zero attached hydrogens (tertiary/aromatic N) is 1. The Morgan fingerprint density at radius 3 is 2.29 bits per heavy atom. The highest BCUT2D eigenvalue weighted by atomic mass is 19.4. The molecule has 3 nitrogen and oxygen atoms in total. The highest BCUT2D eigenvalue weighted by Crippen LogP contribution is 2.17. The Morgan fingerprint density at radius 2 is 1.67 bits per heavy atom. The fourth-order valence-electron chi connectivity index (χ4n) is 1.55. The molecule has 0 amide bonds. The van der Waals surface area contributed by atoms with Crippen LogP contribution in [-0.2, 0) is 6.61 Å². The van der Waals surface area contributed by atoms with Gasteiger partial charge in [-0.3, -0.25) is 5.43 Å². The summed E-state index contributed by atoms with van der Waals surface area (Å²) < 4.78 is 41.2. The summed E-state index contributed by atoms with van der Waals surface area (Å²) in [4.78, 5) is 0. The quantitative estimate of drug-likeness (QED) is 0.661. The lowest BCUT2D eigenvalue weighted by atomic mass is 10.2. The second kappa shape index (κ2) is 6.78. The van der Waals surface area contributed by atoms with Gasteiger partial charge < -0.3 is 4.74 Å². The van der Waals surface area contributed by atoms with Gasteiger partial charge in [-0.2, -0.15) is 18.3 Å². The van der Waals surface area contributed by atoms with Crippen LogP contribution < -0.4 is 10.2 Å². The van der Waals surface area contributed by atoms with Crippen LogP contribution in [0.2, 0.25) is 0 Å². The summed E-state index contributed by atoms with van der Waals surface area (Å²) >= 11 is 0. The van der Waals surface area contributed by atoms with E-state index in [2.05, 4.69) is 10.5 Å². The highest BCUT2D eigenvalue weighted by molar-refractivity contribution is 5.65. The van der Waals surface area contributed by atoms with E-state index >= 15 is 0 Å². The molecule has 0 aliphatic heterocycles. The minimum absolute atomic E-state index is 0.104. The fourth-order valence-corrected chi connectivity index (χ4v) is 1.55. The second-order valence-corrected chi connectivity index (χ2v) is 4.21. The Labute approximate surface area is 120 Å². The third kappa shape index (κ3) is 5.56. The van der Waals surface area contributed by atoms with Gasteiger partial charge in [-0.1, -0.05) is 30.3 Å². The number of rotatable bonds is 5. The first-order valence-corrected chi connectivity index (χ1v) is 6.17. The average molecular weight is 294 g/mol. The van der Waals surface area contributed by atoms with Gasteiger partial charge in [-0.15, -0.1) is 0 Å². The molecule has 0 fully saturated rings. The van der Waals surface area contributed by atoms with Crippen molar-refractivity contribution in [1.29, 1.82) is 0 Å². The molecule has 6 heteroatoms. The van der Waals surface area contributed by atoms with Crippen molar-refractivity contribution in [3.63, 3.8) is 0 Å². The van der Waals surface area contributed by atoms with Crippen LogP contribution in [0.3, 0.4) is 0 Å². The van der Waals surface area contributed by atoms with Crippen molar-refractivity contribution in [2.24, 2.45) is 5.10 Å². The van der Waals surface area contributed by atoms with E-state index in [1.165, 1.54) is 0 Å². The van der Waals surface area contributed by atoms with Crippen LogP contribution in [0.1, 0.15) is 5.56 Å². The van der Waals surface area contributed by atoms with Crippen LogP contribution in [0.25, 0.3) is 0 Å². The predicted octanol–water partition coefficient (Wildman–Crippen LogP) is 4.23. The number of hydrogen-bond donors (Lipinski definition) is 1. The maximum Gasteiger partial charge on any atom is 0.428 e. The van der Waals surface area contributed by atoms with Gasteiger partial charge >= 0.3 is 6.18 Å². The first-order valence-electron chi connectivity index (χ1n) is 6.17. The van der Waals surface area contributed by atoms with Crippen molar-refractivity contribution in [3.8, 4) is 5.75 Å². The van der Waals surface area contributed by atoms with Crippen molar-refractivity contribution in [2.75, 3.05) is 5.43 Å². The van der Waals surface area contributed by atoms with Gasteiger partial charge in [0.2, 0.25) is 0 Å². The van der Waals surface area contributed by atoms with Gasteiger partial charge in [0, 0.05) is 0 Å². The van der Waals surface area contributed by atoms with E-state index < -0.39 is 6.18 Å². The normalized spacial score (nSPS) is 11.6. The largest absolute Gasteiger partial charge is 0.489 e. The van der Waals surface area contributed by atoms with Crippen LogP contribution in [0.4, 0.5) is 18.9 Å². The number of ether oxygens (including phenoxy) is 1. The zero-order valence-corrected chi connectivity index (χ0v) is 11.0. The smallest absolute Gasteiger partial charge is 0.428 e. The van der Waals surface area contributed by atoms with Crippen molar-refractivity contribution in [2.45, 2.75) is 12.8 Å². The van der Waals surface area contributed by atoms with Gasteiger partial charge in [0.1, 0.15) is 18.6 Å². The number of hydrogen-bond acceptors (Lipinski definition) is 3. The summed E-state index contributed by atoms with van der Waals surface area (Å²) in [7, 11) is 0. The molecule has 0 unspecified atom stereocenters. The Bertz CT molecular complexity index is 580. The van der Waals surface area contributed by atoms with Gasteiger partial charge in [-0.05, 0) is 29.8 Å². The fraction of sp³-hybridized carbons (Fsp3) is 0.133. The van der Waals surface area contributed by atoms with Crippen LogP contribution in [0, 0.1) is 0 Å². The number of alkyl halides is 3. The monoisotopic (exact) mass is 294 g/mol. The number of hydrazone groups is 1. The van der Waals surface area contributed by atoms with E-state index in [9.17, 15) is 13.2 Å². The van der Waals surface area contributed by atoms with Crippen molar-refractivity contribution < 1.29 is 17.9 Å². The van der Waals surface area contributed by atoms with E-state index in [1.807, 2.05) is 30.3 Å². The Balaban J connectivity index is 1.86. The second-order valence-electron chi connectivity index (χ2n) is 4.21. The van der Waals surface area contributed by atoms with E-state index in [-0.39, 0.29) is 6.21 Å². The molecule has 0 spiro atoms. The number of halogens is 3. The molecule has 2 rings (SSSR count). The van der Waals surface area contributed by atoms with Crippen molar-refractivity contribution >= 4 is 11.9 Å². The molecule has 0 aliphatic carbocycles. The van der Waals surface area contributed by atoms with Crippen LogP contribution in [-0.4, -0.2) is 12.4 Å². The minimum Gasteiger partial charge on any atom is -0.489 e. The van der Waals surface area contributed by atoms with Crippen molar-refractivity contribution in [1.82, 2.24) is 0 Å². The topological polar surface area (TPSA) is 33.6 Å². The van der Waals surface area contributed by atoms with E-state index in [0.29, 0.717) is 18.0 Å². The summed E-state index contributed by atoms with van der Waals surface area (Å²) in [6.07, 6.45) is -4.53. The summed E-state index contributed by atoms with van der Waals surface area (Å²) in [6, 6.07) is 16.2. The molecule has 2 aromatic carbocycles. The molecule has 0 aromatic heterocycles. The number of benzene rings is 2. The molecule has 1 N–H and O–H groups in total. The molecule has 0 atom stereocenters. The number of anilines is 1. The standard InChI is InChI=1S/C15H13F3N2O/c16-15(17,18)11-19-20-13-6-8-14(9-7-13)21-10-12-4-2-1-3-5-12/h1-9,11,20H,10H2/b19-11+. The highest BCUT2D eigenvalue weighted by Gasteiger charge is 2.23. The predicted molar refractivity (Wildman–Crippen MR) is 75.4 cm³/mol. The van der Waals surface area contributed by atoms with Gasteiger partial charge in [0.15, 0.2) is 0 Å². The van der Waals surface area contributed by atoms with Gasteiger partial charge in [0.25, 0.3) is 0 Å². The zero-order valence-electron chi connectivity index (χ0n) is 11.0. The van der Waals surface area contributed by atoms with Crippen LogP contribution >= 0.6 is 0 Å². The van der Waals surface area contributed by atoms with E-state index in [4.69, 9.17) is 4.74 Å². The van der Waals surface area contributed by atoms with Gasteiger partial charge in [-0.25, -0.2) is 0 Å². The third-order valence-electron chi connectivity index (χ3n) is 2.51. The van der Waals surface area contributed by atoms with Gasteiger partial charge in [0.05, 0.1) is 5.69 Å². The number of nitrogens with one attached hydrogen (secondary N) is 1. The van der Waals surface area contributed by atoms with E-state index in [0.717, 1.165) is 5.56 Å². The molecular weight excluding hydrogens is 281 g/mol. The molecule has 2 aromatic rings. The minimum atomic E-state index is -4.42. The first-order chi connectivity index (χ1) is 10.0. The zero-order chi connectivity index (χ0) is 15.1. The molecule has 0 heterocycles.